The zero-order valence-corrected chi connectivity index (χ0v) is 24.6. The van der Waals surface area contributed by atoms with Crippen LogP contribution >= 0.6 is 0 Å². The molecule has 4 rings (SSSR count). The minimum Gasteiger partial charge on any atom is -0.482 e. The lowest BCUT2D eigenvalue weighted by Crippen LogP contribution is -2.46. The molecular weight excluding hydrogens is 536 g/mol. The molecule has 0 unspecified atom stereocenters. The van der Waals surface area contributed by atoms with Crippen LogP contribution < -0.4 is 4.74 Å². The summed E-state index contributed by atoms with van der Waals surface area (Å²) in [6, 6.07) is 13.9. The lowest BCUT2D eigenvalue weighted by Gasteiger charge is -2.36. The second kappa shape index (κ2) is 14.1. The molecule has 2 aromatic carbocycles. The van der Waals surface area contributed by atoms with Gasteiger partial charge in [0.2, 0.25) is 0 Å². The Kier molecular flexibility index (Phi) is 10.4. The number of ether oxygens (including phenoxy) is 1. The Bertz CT molecular complexity index is 1410. The van der Waals surface area contributed by atoms with Crippen molar-refractivity contribution in [2.24, 2.45) is 0 Å². The lowest BCUT2D eigenvalue weighted by molar-refractivity contribution is -0.139. The summed E-state index contributed by atoms with van der Waals surface area (Å²) < 4.78 is 6.98. The SMILES string of the molecule is CCCCN(CCCC)C(=O)c1cc(C)n(-c2cc(OCC(=O)O)ccc2C(=O)N2Cc3ccccc3C[C@H]2CO)n1. The molecule has 2 heterocycles. The summed E-state index contributed by atoms with van der Waals surface area (Å²) in [7, 11) is 0. The third-order valence-electron chi connectivity index (χ3n) is 7.57. The average molecular weight is 577 g/mol. The van der Waals surface area contributed by atoms with E-state index in [0.29, 0.717) is 43.0 Å². The number of aliphatic carboxylic acids is 1. The number of carboxylic acid groups (broad SMARTS) is 1. The highest BCUT2D eigenvalue weighted by Crippen LogP contribution is 2.29. The van der Waals surface area contributed by atoms with Crippen molar-refractivity contribution in [2.45, 2.75) is 65.5 Å². The van der Waals surface area contributed by atoms with Crippen LogP contribution in [0, 0.1) is 6.92 Å². The van der Waals surface area contributed by atoms with Crippen LogP contribution in [-0.2, 0) is 17.8 Å². The fraction of sp³-hybridized carbons (Fsp3) is 0.438. The van der Waals surface area contributed by atoms with Gasteiger partial charge in [0.05, 0.1) is 23.9 Å². The molecule has 42 heavy (non-hydrogen) atoms. The average Bonchev–Trinajstić information content (AvgIpc) is 3.39. The van der Waals surface area contributed by atoms with Gasteiger partial charge in [-0.25, -0.2) is 9.48 Å². The Labute approximate surface area is 246 Å². The summed E-state index contributed by atoms with van der Waals surface area (Å²) in [5, 5.41) is 24.0. The predicted octanol–water partition coefficient (Wildman–Crippen LogP) is 4.25. The van der Waals surface area contributed by atoms with Crippen LogP contribution in [0.5, 0.6) is 5.75 Å². The molecule has 1 aromatic heterocycles. The number of rotatable bonds is 13. The van der Waals surface area contributed by atoms with Gasteiger partial charge in [0.1, 0.15) is 5.75 Å². The first kappa shape index (κ1) is 30.8. The van der Waals surface area contributed by atoms with Gasteiger partial charge in [0.15, 0.2) is 12.3 Å². The topological polar surface area (TPSA) is 125 Å². The van der Waals surface area contributed by atoms with E-state index in [1.165, 1.54) is 4.68 Å². The maximum atomic E-state index is 14.1. The summed E-state index contributed by atoms with van der Waals surface area (Å²) in [4.78, 5) is 42.3. The van der Waals surface area contributed by atoms with Gasteiger partial charge in [-0.1, -0.05) is 51.0 Å². The maximum absolute atomic E-state index is 14.1. The smallest absolute Gasteiger partial charge is 0.341 e. The standard InChI is InChI=1S/C32H40N4O6/c1-4-6-14-34(15-7-5-2)32(41)28-16-22(3)36(33-28)29-18-26(42-21-30(38)39)12-13-27(29)31(40)35-19-24-11-9-8-10-23(24)17-25(35)20-37/h8-13,16,18,25,37H,4-7,14-15,17,19-21H2,1-3H3,(H,38,39)/t25-/m0/s1. The third-order valence-corrected chi connectivity index (χ3v) is 7.57. The van der Waals surface area contributed by atoms with Gasteiger partial charge in [-0.2, -0.15) is 5.10 Å². The molecule has 3 aromatic rings. The number of hydrogen-bond acceptors (Lipinski definition) is 6. The number of aromatic nitrogens is 2. The zero-order chi connectivity index (χ0) is 30.2. The molecule has 0 saturated heterocycles. The second-order valence-corrected chi connectivity index (χ2v) is 10.7. The van der Waals surface area contributed by atoms with Gasteiger partial charge in [-0.3, -0.25) is 9.59 Å². The Hall–Kier alpha value is -4.18. The molecular formula is C32H40N4O6. The predicted molar refractivity (Wildman–Crippen MR) is 158 cm³/mol. The number of amides is 2. The van der Waals surface area contributed by atoms with Crippen molar-refractivity contribution in [3.63, 3.8) is 0 Å². The molecule has 10 heteroatoms. The van der Waals surface area contributed by atoms with E-state index in [1.54, 1.807) is 36.1 Å². The van der Waals surface area contributed by atoms with Crippen LogP contribution in [0.3, 0.4) is 0 Å². The highest BCUT2D eigenvalue weighted by Gasteiger charge is 2.32. The van der Waals surface area contributed by atoms with E-state index in [0.717, 1.165) is 36.8 Å². The number of nitrogens with zero attached hydrogens (tertiary/aromatic N) is 4. The molecule has 2 amide bonds. The molecule has 0 spiro atoms. The molecule has 10 nitrogen and oxygen atoms in total. The Morgan fingerprint density at radius 1 is 1.02 bits per heavy atom. The first-order valence-corrected chi connectivity index (χ1v) is 14.6. The van der Waals surface area contributed by atoms with Crippen molar-refractivity contribution in [3.05, 3.63) is 76.6 Å². The zero-order valence-electron chi connectivity index (χ0n) is 24.6. The Morgan fingerprint density at radius 3 is 2.36 bits per heavy atom. The van der Waals surface area contributed by atoms with Crippen molar-refractivity contribution in [2.75, 3.05) is 26.3 Å². The van der Waals surface area contributed by atoms with E-state index < -0.39 is 18.6 Å². The summed E-state index contributed by atoms with van der Waals surface area (Å²) in [6.07, 6.45) is 4.24. The highest BCUT2D eigenvalue weighted by molar-refractivity contribution is 5.98. The number of aliphatic hydroxyl groups excluding tert-OH is 1. The maximum Gasteiger partial charge on any atom is 0.341 e. The van der Waals surface area contributed by atoms with Crippen LogP contribution in [0.15, 0.2) is 48.5 Å². The van der Waals surface area contributed by atoms with Crippen molar-refractivity contribution in [3.8, 4) is 11.4 Å². The number of carboxylic acids is 1. The van der Waals surface area contributed by atoms with E-state index in [4.69, 9.17) is 9.84 Å². The molecule has 224 valence electrons. The molecule has 1 aliphatic rings. The largest absolute Gasteiger partial charge is 0.482 e. The van der Waals surface area contributed by atoms with Crippen molar-refractivity contribution < 1.29 is 29.3 Å². The fourth-order valence-electron chi connectivity index (χ4n) is 5.24. The summed E-state index contributed by atoms with van der Waals surface area (Å²) >= 11 is 0. The molecule has 1 aliphatic heterocycles. The summed E-state index contributed by atoms with van der Waals surface area (Å²) in [5.74, 6) is -1.35. The van der Waals surface area contributed by atoms with Gasteiger partial charge in [-0.05, 0) is 55.5 Å². The van der Waals surface area contributed by atoms with Gasteiger partial charge in [0.25, 0.3) is 11.8 Å². The van der Waals surface area contributed by atoms with Crippen molar-refractivity contribution in [1.29, 1.82) is 0 Å². The molecule has 1 atom stereocenters. The minimum atomic E-state index is -1.13. The molecule has 0 saturated carbocycles. The van der Waals surface area contributed by atoms with E-state index in [-0.39, 0.29) is 29.9 Å². The second-order valence-electron chi connectivity index (χ2n) is 10.7. The van der Waals surface area contributed by atoms with Crippen LogP contribution in [0.4, 0.5) is 0 Å². The van der Waals surface area contributed by atoms with E-state index in [2.05, 4.69) is 18.9 Å². The van der Waals surface area contributed by atoms with Gasteiger partial charge in [0, 0.05) is 31.4 Å². The summed E-state index contributed by atoms with van der Waals surface area (Å²) in [6.45, 7) is 6.85. The molecule has 0 bridgehead atoms. The summed E-state index contributed by atoms with van der Waals surface area (Å²) in [5.41, 5.74) is 3.69. The molecule has 2 N–H and O–H groups in total. The monoisotopic (exact) mass is 576 g/mol. The Balaban J connectivity index is 1.74. The quantitative estimate of drug-likeness (QED) is 0.312. The van der Waals surface area contributed by atoms with Crippen molar-refractivity contribution in [1.82, 2.24) is 19.6 Å². The van der Waals surface area contributed by atoms with E-state index >= 15 is 0 Å². The lowest BCUT2D eigenvalue weighted by atomic mass is 9.93. The first-order valence-electron chi connectivity index (χ1n) is 14.6. The number of fused-ring (bicyclic) bond motifs is 1. The van der Waals surface area contributed by atoms with E-state index in [9.17, 15) is 19.5 Å². The normalized spacial score (nSPS) is 14.4. The van der Waals surface area contributed by atoms with Gasteiger partial charge < -0.3 is 24.7 Å². The molecule has 0 radical (unpaired) electrons. The molecule has 0 fully saturated rings. The Morgan fingerprint density at radius 2 is 1.71 bits per heavy atom. The number of carbonyl (C=O) groups excluding carboxylic acids is 2. The minimum absolute atomic E-state index is 0.169. The van der Waals surface area contributed by atoms with Gasteiger partial charge in [-0.15, -0.1) is 0 Å². The van der Waals surface area contributed by atoms with Crippen LogP contribution in [0.2, 0.25) is 0 Å². The fourth-order valence-corrected chi connectivity index (χ4v) is 5.24. The number of aliphatic hydroxyl groups is 1. The number of benzene rings is 2. The number of carbonyl (C=O) groups is 3. The van der Waals surface area contributed by atoms with Crippen LogP contribution in [0.25, 0.3) is 5.69 Å². The number of unbranched alkanes of at least 4 members (excludes halogenated alkanes) is 2. The van der Waals surface area contributed by atoms with Crippen LogP contribution in [0.1, 0.15) is 77.2 Å². The van der Waals surface area contributed by atoms with E-state index in [1.807, 2.05) is 29.2 Å². The molecule has 0 aliphatic carbocycles. The first-order chi connectivity index (χ1) is 20.3. The van der Waals surface area contributed by atoms with Gasteiger partial charge >= 0.3 is 5.97 Å². The van der Waals surface area contributed by atoms with Crippen molar-refractivity contribution >= 4 is 17.8 Å². The van der Waals surface area contributed by atoms with Crippen LogP contribution in [-0.4, -0.2) is 79.9 Å². The number of hydrogen-bond donors (Lipinski definition) is 2. The number of aryl methyl sites for hydroxylation is 1. The highest BCUT2D eigenvalue weighted by atomic mass is 16.5. The third kappa shape index (κ3) is 6.99.